The van der Waals surface area contributed by atoms with Crippen LogP contribution < -0.4 is 11.1 Å². The zero-order valence-corrected chi connectivity index (χ0v) is 14.5. The molecule has 7 heteroatoms. The number of ketones is 1. The van der Waals surface area contributed by atoms with E-state index in [1.165, 1.54) is 12.1 Å². The third-order valence-electron chi connectivity index (χ3n) is 4.93. The molecular weight excluding hydrogens is 357 g/mol. The second-order valence-electron chi connectivity index (χ2n) is 6.70. The summed E-state index contributed by atoms with van der Waals surface area (Å²) in [6.45, 7) is 0.608. The van der Waals surface area contributed by atoms with Crippen molar-refractivity contribution in [3.8, 4) is 11.1 Å². The van der Waals surface area contributed by atoms with E-state index < -0.39 is 23.2 Å². The average molecular weight is 376 g/mol. The van der Waals surface area contributed by atoms with Crippen molar-refractivity contribution in [2.75, 3.05) is 6.54 Å². The molecule has 0 aliphatic carbocycles. The maximum atomic E-state index is 12.9. The summed E-state index contributed by atoms with van der Waals surface area (Å²) in [6, 6.07) is 11.3. The quantitative estimate of drug-likeness (QED) is 0.784. The van der Waals surface area contributed by atoms with E-state index in [-0.39, 0.29) is 12.2 Å². The van der Waals surface area contributed by atoms with Crippen LogP contribution >= 0.6 is 0 Å². The number of nitrogens with two attached hydrogens (primary N) is 1. The first-order valence-corrected chi connectivity index (χ1v) is 8.58. The summed E-state index contributed by atoms with van der Waals surface area (Å²) in [6.07, 6.45) is -3.27. The van der Waals surface area contributed by atoms with Gasteiger partial charge >= 0.3 is 6.18 Å². The molecule has 142 valence electrons. The predicted octanol–water partition coefficient (Wildman–Crippen LogP) is 3.55. The highest BCUT2D eigenvalue weighted by molar-refractivity contribution is 6.05. The zero-order valence-electron chi connectivity index (χ0n) is 14.5. The Balaban J connectivity index is 1.92. The van der Waals surface area contributed by atoms with Crippen molar-refractivity contribution in [1.29, 1.82) is 0 Å². The van der Waals surface area contributed by atoms with Crippen LogP contribution in [0, 0.1) is 0 Å². The number of primary amides is 1. The number of carbonyl (C=O) groups excluding carboxylic acids is 2. The van der Waals surface area contributed by atoms with Gasteiger partial charge in [0, 0.05) is 12.0 Å². The Bertz CT molecular complexity index is 854. The molecule has 3 N–H and O–H groups in total. The Morgan fingerprint density at radius 2 is 1.74 bits per heavy atom. The molecule has 0 spiro atoms. The van der Waals surface area contributed by atoms with Gasteiger partial charge in [0.25, 0.3) is 0 Å². The number of rotatable bonds is 5. The van der Waals surface area contributed by atoms with Gasteiger partial charge in [0.1, 0.15) is 5.54 Å². The topological polar surface area (TPSA) is 72.2 Å². The van der Waals surface area contributed by atoms with E-state index in [4.69, 9.17) is 5.73 Å². The van der Waals surface area contributed by atoms with Crippen LogP contribution in [0.3, 0.4) is 0 Å². The molecule has 1 atom stereocenters. The second-order valence-corrected chi connectivity index (χ2v) is 6.70. The van der Waals surface area contributed by atoms with Gasteiger partial charge in [-0.2, -0.15) is 13.2 Å². The summed E-state index contributed by atoms with van der Waals surface area (Å²) in [4.78, 5) is 24.8. The molecule has 0 saturated carbocycles. The SMILES string of the molecule is NC(=O)[C@]1(CC(=O)c2ccccc2-c2ccc(C(F)(F)F)cc2)CCCN1. The number of carbonyl (C=O) groups is 2. The van der Waals surface area contributed by atoms with Gasteiger partial charge in [-0.25, -0.2) is 0 Å². The van der Waals surface area contributed by atoms with Crippen molar-refractivity contribution < 1.29 is 22.8 Å². The number of alkyl halides is 3. The van der Waals surface area contributed by atoms with E-state index in [1.54, 1.807) is 24.3 Å². The molecule has 1 amide bonds. The fourth-order valence-corrected chi connectivity index (χ4v) is 3.44. The first-order chi connectivity index (χ1) is 12.7. The molecule has 2 aromatic carbocycles. The van der Waals surface area contributed by atoms with Gasteiger partial charge in [-0.1, -0.05) is 36.4 Å². The molecule has 1 aliphatic heterocycles. The number of nitrogens with one attached hydrogen (secondary N) is 1. The molecule has 2 aromatic rings. The van der Waals surface area contributed by atoms with Gasteiger partial charge in [0.15, 0.2) is 5.78 Å². The van der Waals surface area contributed by atoms with Crippen molar-refractivity contribution in [3.05, 3.63) is 59.7 Å². The third kappa shape index (κ3) is 3.88. The number of Topliss-reactive ketones (excluding diaryl/α,β-unsaturated/α-hetero) is 1. The van der Waals surface area contributed by atoms with Gasteiger partial charge in [-0.15, -0.1) is 0 Å². The lowest BCUT2D eigenvalue weighted by Crippen LogP contribution is -2.52. The van der Waals surface area contributed by atoms with Crippen LogP contribution in [0.25, 0.3) is 11.1 Å². The van der Waals surface area contributed by atoms with Crippen LogP contribution in [0.1, 0.15) is 35.2 Å². The lowest BCUT2D eigenvalue weighted by atomic mass is 9.86. The summed E-state index contributed by atoms with van der Waals surface area (Å²) in [5.74, 6) is -0.848. The van der Waals surface area contributed by atoms with Crippen molar-refractivity contribution >= 4 is 11.7 Å². The van der Waals surface area contributed by atoms with Gasteiger partial charge in [0.2, 0.25) is 5.91 Å². The predicted molar refractivity (Wildman–Crippen MR) is 95.0 cm³/mol. The minimum atomic E-state index is -4.42. The van der Waals surface area contributed by atoms with Gasteiger partial charge in [-0.3, -0.25) is 9.59 Å². The van der Waals surface area contributed by atoms with Crippen molar-refractivity contribution in [3.63, 3.8) is 0 Å². The smallest absolute Gasteiger partial charge is 0.368 e. The summed E-state index contributed by atoms with van der Waals surface area (Å²) in [7, 11) is 0. The fraction of sp³-hybridized carbons (Fsp3) is 0.300. The number of halogens is 3. The first-order valence-electron chi connectivity index (χ1n) is 8.58. The highest BCUT2D eigenvalue weighted by Crippen LogP contribution is 2.33. The van der Waals surface area contributed by atoms with Gasteiger partial charge in [-0.05, 0) is 42.6 Å². The molecule has 0 unspecified atom stereocenters. The first kappa shape index (κ1) is 19.1. The van der Waals surface area contributed by atoms with E-state index in [2.05, 4.69) is 5.32 Å². The maximum absolute atomic E-state index is 12.9. The molecule has 1 fully saturated rings. The molecule has 3 rings (SSSR count). The molecule has 1 aliphatic rings. The molecule has 0 aromatic heterocycles. The van der Waals surface area contributed by atoms with E-state index in [9.17, 15) is 22.8 Å². The lowest BCUT2D eigenvalue weighted by molar-refractivity contribution is -0.137. The fourth-order valence-electron chi connectivity index (χ4n) is 3.44. The Labute approximate surface area is 154 Å². The molecule has 0 bridgehead atoms. The van der Waals surface area contributed by atoms with Crippen molar-refractivity contribution in [2.45, 2.75) is 31.0 Å². The maximum Gasteiger partial charge on any atom is 0.416 e. The number of hydrogen-bond acceptors (Lipinski definition) is 3. The summed E-state index contributed by atoms with van der Waals surface area (Å²) >= 11 is 0. The lowest BCUT2D eigenvalue weighted by Gasteiger charge is -2.25. The number of hydrogen-bond donors (Lipinski definition) is 2. The third-order valence-corrected chi connectivity index (χ3v) is 4.93. The Kier molecular flexibility index (Phi) is 5.06. The van der Waals surface area contributed by atoms with Crippen molar-refractivity contribution in [1.82, 2.24) is 5.32 Å². The van der Waals surface area contributed by atoms with Crippen LogP contribution in [0.4, 0.5) is 13.2 Å². The summed E-state index contributed by atoms with van der Waals surface area (Å²) in [5.41, 5.74) is 5.06. The molecule has 4 nitrogen and oxygen atoms in total. The highest BCUT2D eigenvalue weighted by atomic mass is 19.4. The standard InChI is InChI=1S/C20H19F3N2O2/c21-20(22,23)14-8-6-13(7-9-14)15-4-1-2-5-16(15)17(26)12-19(18(24)27)10-3-11-25-19/h1-2,4-9,25H,3,10-12H2,(H2,24,27)/t19-/m1/s1. The minimum Gasteiger partial charge on any atom is -0.368 e. The normalized spacial score (nSPS) is 19.8. The van der Waals surface area contributed by atoms with E-state index in [0.717, 1.165) is 18.6 Å². The van der Waals surface area contributed by atoms with Crippen LogP contribution in [0.15, 0.2) is 48.5 Å². The molecule has 27 heavy (non-hydrogen) atoms. The van der Waals surface area contributed by atoms with E-state index in [0.29, 0.717) is 29.7 Å². The molecule has 1 heterocycles. The minimum absolute atomic E-state index is 0.0834. The van der Waals surface area contributed by atoms with Crippen LogP contribution in [-0.2, 0) is 11.0 Å². The Hall–Kier alpha value is -2.67. The van der Waals surface area contributed by atoms with Crippen LogP contribution in [0.5, 0.6) is 0 Å². The average Bonchev–Trinajstić information content (AvgIpc) is 3.11. The number of benzene rings is 2. The zero-order chi connectivity index (χ0) is 19.7. The molecule has 1 saturated heterocycles. The second kappa shape index (κ2) is 7.15. The summed E-state index contributed by atoms with van der Waals surface area (Å²) in [5, 5.41) is 3.03. The van der Waals surface area contributed by atoms with Gasteiger partial charge in [0.05, 0.1) is 5.56 Å². The number of amides is 1. The van der Waals surface area contributed by atoms with Crippen LogP contribution in [0.2, 0.25) is 0 Å². The monoisotopic (exact) mass is 376 g/mol. The molecular formula is C20H19F3N2O2. The highest BCUT2D eigenvalue weighted by Gasteiger charge is 2.41. The Morgan fingerprint density at radius 1 is 1.07 bits per heavy atom. The molecule has 0 radical (unpaired) electrons. The Morgan fingerprint density at radius 3 is 2.30 bits per heavy atom. The van der Waals surface area contributed by atoms with Gasteiger partial charge < -0.3 is 11.1 Å². The van der Waals surface area contributed by atoms with E-state index in [1.807, 2.05) is 0 Å². The van der Waals surface area contributed by atoms with E-state index >= 15 is 0 Å². The largest absolute Gasteiger partial charge is 0.416 e. The van der Waals surface area contributed by atoms with Crippen LogP contribution in [-0.4, -0.2) is 23.8 Å². The van der Waals surface area contributed by atoms with Crippen molar-refractivity contribution in [2.24, 2.45) is 5.73 Å². The summed E-state index contributed by atoms with van der Waals surface area (Å²) < 4.78 is 38.3.